The molecule has 1 heterocycles. The van der Waals surface area contributed by atoms with E-state index in [2.05, 4.69) is 0 Å². The van der Waals surface area contributed by atoms with E-state index in [0.717, 1.165) is 37.4 Å². The normalized spacial score (nSPS) is 19.1. The first-order chi connectivity index (χ1) is 9.40. The highest BCUT2D eigenvalue weighted by atomic mass is 16.7. The van der Waals surface area contributed by atoms with Crippen molar-refractivity contribution in [3.05, 3.63) is 24.3 Å². The van der Waals surface area contributed by atoms with E-state index < -0.39 is 0 Å². The standard InChI is InChI=1S/C15H22O4/c1-16-13-7-2-3-8-14(13)17-11-6-12-19-15-9-4-5-10-18-15/h2-3,7-8,15H,4-6,9-12H2,1H3/t15-/m1/s1. The molecule has 0 saturated carbocycles. The maximum absolute atomic E-state index is 5.67. The molecular formula is C15H22O4. The minimum Gasteiger partial charge on any atom is -0.493 e. The number of benzene rings is 1. The predicted octanol–water partition coefficient (Wildman–Crippen LogP) is 3.01. The lowest BCUT2D eigenvalue weighted by atomic mass is 10.2. The Labute approximate surface area is 114 Å². The Balaban J connectivity index is 1.61. The molecule has 4 nitrogen and oxygen atoms in total. The lowest BCUT2D eigenvalue weighted by molar-refractivity contribution is -0.163. The summed E-state index contributed by atoms with van der Waals surface area (Å²) in [7, 11) is 1.64. The summed E-state index contributed by atoms with van der Waals surface area (Å²) in [6.07, 6.45) is 4.18. The lowest BCUT2D eigenvalue weighted by Gasteiger charge is -2.22. The highest BCUT2D eigenvalue weighted by Crippen LogP contribution is 2.25. The van der Waals surface area contributed by atoms with Gasteiger partial charge in [-0.2, -0.15) is 0 Å². The molecule has 0 radical (unpaired) electrons. The van der Waals surface area contributed by atoms with Gasteiger partial charge in [-0.3, -0.25) is 0 Å². The third-order valence-corrected chi connectivity index (χ3v) is 3.06. The van der Waals surface area contributed by atoms with E-state index in [-0.39, 0.29) is 6.29 Å². The quantitative estimate of drug-likeness (QED) is 0.711. The van der Waals surface area contributed by atoms with Gasteiger partial charge < -0.3 is 18.9 Å². The van der Waals surface area contributed by atoms with Crippen LogP contribution in [0.5, 0.6) is 11.5 Å². The van der Waals surface area contributed by atoms with Crippen molar-refractivity contribution >= 4 is 0 Å². The van der Waals surface area contributed by atoms with Crippen LogP contribution in [0.25, 0.3) is 0 Å². The van der Waals surface area contributed by atoms with Crippen LogP contribution in [0.15, 0.2) is 24.3 Å². The molecule has 0 N–H and O–H groups in total. The molecule has 4 heteroatoms. The first-order valence-electron chi connectivity index (χ1n) is 6.89. The molecule has 0 spiro atoms. The molecule has 1 aliphatic rings. The van der Waals surface area contributed by atoms with Crippen LogP contribution in [0.4, 0.5) is 0 Å². The van der Waals surface area contributed by atoms with Crippen molar-refractivity contribution in [2.45, 2.75) is 32.0 Å². The maximum Gasteiger partial charge on any atom is 0.161 e. The summed E-state index contributed by atoms with van der Waals surface area (Å²) >= 11 is 0. The summed E-state index contributed by atoms with van der Waals surface area (Å²) in [5.41, 5.74) is 0. The molecule has 0 unspecified atom stereocenters. The third kappa shape index (κ3) is 4.73. The molecule has 1 atom stereocenters. The molecule has 0 aromatic heterocycles. The smallest absolute Gasteiger partial charge is 0.161 e. The number of ether oxygens (including phenoxy) is 4. The Kier molecular flexibility index (Phi) is 5.98. The second kappa shape index (κ2) is 8.02. The van der Waals surface area contributed by atoms with Gasteiger partial charge in [0.05, 0.1) is 20.3 Å². The van der Waals surface area contributed by atoms with E-state index in [9.17, 15) is 0 Å². The topological polar surface area (TPSA) is 36.9 Å². The summed E-state index contributed by atoms with van der Waals surface area (Å²) < 4.78 is 22.0. The fourth-order valence-electron chi connectivity index (χ4n) is 2.04. The SMILES string of the molecule is COc1ccccc1OCCCO[C@@H]1CCCCO1. The highest BCUT2D eigenvalue weighted by Gasteiger charge is 2.13. The number of hydrogen-bond donors (Lipinski definition) is 0. The second-order valence-corrected chi connectivity index (χ2v) is 4.52. The number of rotatable bonds is 7. The van der Waals surface area contributed by atoms with Crippen molar-refractivity contribution in [2.75, 3.05) is 26.9 Å². The molecule has 1 aliphatic heterocycles. The van der Waals surface area contributed by atoms with Gasteiger partial charge in [0, 0.05) is 13.0 Å². The first kappa shape index (κ1) is 14.2. The predicted molar refractivity (Wildman–Crippen MR) is 72.6 cm³/mol. The largest absolute Gasteiger partial charge is 0.493 e. The average molecular weight is 266 g/mol. The van der Waals surface area contributed by atoms with Gasteiger partial charge >= 0.3 is 0 Å². The van der Waals surface area contributed by atoms with Crippen LogP contribution < -0.4 is 9.47 Å². The molecule has 0 amide bonds. The van der Waals surface area contributed by atoms with Crippen LogP contribution in [0.3, 0.4) is 0 Å². The fourth-order valence-corrected chi connectivity index (χ4v) is 2.04. The number of hydrogen-bond acceptors (Lipinski definition) is 4. The van der Waals surface area contributed by atoms with Crippen LogP contribution in [0, 0.1) is 0 Å². The maximum atomic E-state index is 5.67. The Hall–Kier alpha value is -1.26. The van der Waals surface area contributed by atoms with Crippen LogP contribution in [0.2, 0.25) is 0 Å². The van der Waals surface area contributed by atoms with Gasteiger partial charge in [-0.15, -0.1) is 0 Å². The molecule has 1 fully saturated rings. The van der Waals surface area contributed by atoms with Gasteiger partial charge in [-0.25, -0.2) is 0 Å². The summed E-state index contributed by atoms with van der Waals surface area (Å²) in [4.78, 5) is 0. The third-order valence-electron chi connectivity index (χ3n) is 3.06. The highest BCUT2D eigenvalue weighted by molar-refractivity contribution is 5.39. The zero-order chi connectivity index (χ0) is 13.3. The summed E-state index contributed by atoms with van der Waals surface area (Å²) in [5, 5.41) is 0. The molecule has 1 aromatic rings. The van der Waals surface area contributed by atoms with E-state index in [1.807, 2.05) is 24.3 Å². The summed E-state index contributed by atoms with van der Waals surface area (Å²) in [6.45, 7) is 2.11. The van der Waals surface area contributed by atoms with Crippen molar-refractivity contribution in [3.8, 4) is 11.5 Å². The molecule has 0 aliphatic carbocycles. The number of methoxy groups -OCH3 is 1. The van der Waals surface area contributed by atoms with Crippen molar-refractivity contribution < 1.29 is 18.9 Å². The summed E-state index contributed by atoms with van der Waals surface area (Å²) in [6, 6.07) is 7.66. The first-order valence-corrected chi connectivity index (χ1v) is 6.89. The van der Waals surface area contributed by atoms with Crippen molar-refractivity contribution in [3.63, 3.8) is 0 Å². The molecule has 1 aromatic carbocycles. The fraction of sp³-hybridized carbons (Fsp3) is 0.600. The Morgan fingerprint density at radius 2 is 2.00 bits per heavy atom. The van der Waals surface area contributed by atoms with Crippen molar-refractivity contribution in [1.82, 2.24) is 0 Å². The van der Waals surface area contributed by atoms with E-state index in [1.54, 1.807) is 7.11 Å². The zero-order valence-electron chi connectivity index (χ0n) is 11.5. The van der Waals surface area contributed by atoms with E-state index in [1.165, 1.54) is 6.42 Å². The Morgan fingerprint density at radius 1 is 1.16 bits per heavy atom. The number of para-hydroxylation sites is 2. The molecular weight excluding hydrogens is 244 g/mol. The molecule has 1 saturated heterocycles. The van der Waals surface area contributed by atoms with Crippen molar-refractivity contribution in [1.29, 1.82) is 0 Å². The van der Waals surface area contributed by atoms with E-state index in [4.69, 9.17) is 18.9 Å². The Bertz CT molecular complexity index is 361. The minimum atomic E-state index is -0.0139. The lowest BCUT2D eigenvalue weighted by Crippen LogP contribution is -2.23. The molecule has 106 valence electrons. The van der Waals surface area contributed by atoms with Crippen LogP contribution in [0.1, 0.15) is 25.7 Å². The average Bonchev–Trinajstić information content (AvgIpc) is 2.48. The van der Waals surface area contributed by atoms with Gasteiger partial charge in [0.1, 0.15) is 0 Å². The van der Waals surface area contributed by atoms with Gasteiger partial charge in [0.25, 0.3) is 0 Å². The van der Waals surface area contributed by atoms with Gasteiger partial charge in [-0.05, 0) is 31.4 Å². The summed E-state index contributed by atoms with van der Waals surface area (Å²) in [5.74, 6) is 1.54. The molecule has 0 bridgehead atoms. The zero-order valence-corrected chi connectivity index (χ0v) is 11.5. The Morgan fingerprint density at radius 3 is 2.74 bits per heavy atom. The molecule has 19 heavy (non-hydrogen) atoms. The second-order valence-electron chi connectivity index (χ2n) is 4.52. The minimum absolute atomic E-state index is 0.0139. The van der Waals surface area contributed by atoms with Gasteiger partial charge in [-0.1, -0.05) is 12.1 Å². The van der Waals surface area contributed by atoms with E-state index >= 15 is 0 Å². The van der Waals surface area contributed by atoms with Crippen LogP contribution in [-0.2, 0) is 9.47 Å². The monoisotopic (exact) mass is 266 g/mol. The van der Waals surface area contributed by atoms with Crippen LogP contribution >= 0.6 is 0 Å². The van der Waals surface area contributed by atoms with Crippen LogP contribution in [-0.4, -0.2) is 33.2 Å². The van der Waals surface area contributed by atoms with Crippen molar-refractivity contribution in [2.24, 2.45) is 0 Å². The van der Waals surface area contributed by atoms with Gasteiger partial charge in [0.2, 0.25) is 0 Å². The van der Waals surface area contributed by atoms with E-state index in [0.29, 0.717) is 13.2 Å². The molecule has 2 rings (SSSR count). The van der Waals surface area contributed by atoms with Gasteiger partial charge in [0.15, 0.2) is 17.8 Å².